The molecule has 0 bridgehead atoms. The van der Waals surface area contributed by atoms with Crippen LogP contribution in [-0.4, -0.2) is 13.1 Å². The minimum atomic E-state index is 0.567. The van der Waals surface area contributed by atoms with E-state index in [-0.39, 0.29) is 0 Å². The van der Waals surface area contributed by atoms with Crippen LogP contribution in [0.15, 0.2) is 0 Å². The molecule has 1 heterocycles. The van der Waals surface area contributed by atoms with E-state index in [9.17, 15) is 0 Å². The second-order valence-electron chi connectivity index (χ2n) is 3.59. The largest absolute Gasteiger partial charge is 0.467 e. The lowest BCUT2D eigenvalue weighted by Crippen LogP contribution is -3.05. The van der Waals surface area contributed by atoms with E-state index in [1.165, 1.54) is 24.4 Å². The highest BCUT2D eigenvalue weighted by atomic mass is 15.1. The highest BCUT2D eigenvalue weighted by Crippen LogP contribution is 2.19. The third-order valence-corrected chi connectivity index (χ3v) is 1.88. The van der Waals surface area contributed by atoms with E-state index >= 15 is 0 Å². The summed E-state index contributed by atoms with van der Waals surface area (Å²) in [6.45, 7) is 7.12. The fourth-order valence-corrected chi connectivity index (χ4v) is 1.37. The first kappa shape index (κ1) is 6.09. The van der Waals surface area contributed by atoms with Gasteiger partial charge in [0, 0.05) is 11.8 Å². The Hall–Kier alpha value is -0.0400. The van der Waals surface area contributed by atoms with Crippen molar-refractivity contribution in [3.63, 3.8) is 0 Å². The topological polar surface area (TPSA) is 4.44 Å². The average Bonchev–Trinajstić information content (AvgIpc) is 1.82. The van der Waals surface area contributed by atoms with Crippen LogP contribution in [0, 0.1) is 12.5 Å². The molecule has 1 nitrogen and oxygen atoms in total. The van der Waals surface area contributed by atoms with Crippen LogP contribution in [-0.2, 0) is 0 Å². The number of likely N-dealkylation sites (tertiary alicyclic amines) is 1. The molecule has 0 aliphatic carbocycles. The maximum absolute atomic E-state index is 3.95. The van der Waals surface area contributed by atoms with Gasteiger partial charge >= 0.3 is 0 Å². The van der Waals surface area contributed by atoms with Crippen LogP contribution in [0.25, 0.3) is 0 Å². The summed E-state index contributed by atoms with van der Waals surface area (Å²) in [6.07, 6.45) is 1.34. The van der Waals surface area contributed by atoms with Gasteiger partial charge in [-0.05, 0) is 0 Å². The Kier molecular flexibility index (Phi) is 1.31. The summed E-state index contributed by atoms with van der Waals surface area (Å²) >= 11 is 0. The Balaban J connectivity index is 2.44. The minimum Gasteiger partial charge on any atom is -0.467 e. The molecule has 0 radical (unpaired) electrons. The van der Waals surface area contributed by atoms with E-state index in [2.05, 4.69) is 20.9 Å². The van der Waals surface area contributed by atoms with Crippen molar-refractivity contribution in [1.82, 2.24) is 0 Å². The Bertz CT molecular complexity index is 86.4. The molecular formula is C7H15N. The van der Waals surface area contributed by atoms with Crippen molar-refractivity contribution in [2.75, 3.05) is 13.1 Å². The zero-order valence-corrected chi connectivity index (χ0v) is 5.83. The molecule has 1 aliphatic heterocycles. The molecule has 0 saturated carbocycles. The number of rotatable bonds is 0. The second kappa shape index (κ2) is 1.73. The van der Waals surface area contributed by atoms with E-state index in [1.807, 2.05) is 0 Å². The number of hydrogen-bond acceptors (Lipinski definition) is 0. The van der Waals surface area contributed by atoms with E-state index in [0.29, 0.717) is 5.41 Å². The van der Waals surface area contributed by atoms with E-state index < -0.39 is 0 Å². The Labute approximate surface area is 51.7 Å². The molecule has 1 fully saturated rings. The van der Waals surface area contributed by atoms with Crippen LogP contribution < -0.4 is 4.90 Å². The monoisotopic (exact) mass is 113 g/mol. The van der Waals surface area contributed by atoms with Crippen LogP contribution in [0.2, 0.25) is 0 Å². The summed E-state index contributed by atoms with van der Waals surface area (Å²) in [6, 6.07) is 0. The van der Waals surface area contributed by atoms with Crippen molar-refractivity contribution < 1.29 is 4.90 Å². The molecule has 1 saturated heterocycles. The van der Waals surface area contributed by atoms with Gasteiger partial charge in [0.05, 0.1) is 13.1 Å². The molecule has 1 atom stereocenters. The molecule has 0 aromatic rings. The van der Waals surface area contributed by atoms with Crippen molar-refractivity contribution in [2.24, 2.45) is 5.41 Å². The summed E-state index contributed by atoms with van der Waals surface area (Å²) in [4.78, 5) is 1.44. The summed E-state index contributed by atoms with van der Waals surface area (Å²) in [5, 5.41) is 0. The molecule has 1 unspecified atom stereocenters. The number of nitrogens with one attached hydrogen (secondary N) is 1. The maximum atomic E-state index is 3.95. The van der Waals surface area contributed by atoms with Gasteiger partial charge in [0.1, 0.15) is 0 Å². The highest BCUT2D eigenvalue weighted by molar-refractivity contribution is 4.70. The molecule has 0 aromatic heterocycles. The highest BCUT2D eigenvalue weighted by Gasteiger charge is 2.27. The second-order valence-corrected chi connectivity index (χ2v) is 3.59. The molecule has 48 valence electrons. The van der Waals surface area contributed by atoms with E-state index in [1.54, 1.807) is 0 Å². The number of hydrogen-bond donors (Lipinski definition) is 1. The third kappa shape index (κ3) is 1.22. The van der Waals surface area contributed by atoms with Crippen molar-refractivity contribution in [2.45, 2.75) is 20.3 Å². The van der Waals surface area contributed by atoms with Crippen LogP contribution in [0.1, 0.15) is 20.3 Å². The Morgan fingerprint density at radius 3 is 2.25 bits per heavy atom. The summed E-state index contributed by atoms with van der Waals surface area (Å²) < 4.78 is 0. The third-order valence-electron chi connectivity index (χ3n) is 1.88. The maximum Gasteiger partial charge on any atom is 0.0584 e. The molecule has 0 aromatic carbocycles. The predicted octanol–water partition coefficient (Wildman–Crippen LogP) is 0.0928. The van der Waals surface area contributed by atoms with Gasteiger partial charge in [-0.1, -0.05) is 13.8 Å². The van der Waals surface area contributed by atoms with Crippen molar-refractivity contribution in [1.29, 1.82) is 0 Å². The first-order valence-corrected chi connectivity index (χ1v) is 3.27. The zero-order valence-electron chi connectivity index (χ0n) is 5.83. The molecule has 1 N–H and O–H groups in total. The first-order valence-electron chi connectivity index (χ1n) is 3.27. The SMILES string of the molecule is [CH2-][NH+]1CCC(C)(C)C1. The lowest BCUT2D eigenvalue weighted by Gasteiger charge is -2.16. The normalized spacial score (nSPS) is 35.6. The first-order chi connectivity index (χ1) is 3.60. The van der Waals surface area contributed by atoms with E-state index in [4.69, 9.17) is 0 Å². The van der Waals surface area contributed by atoms with Gasteiger partial charge in [0.25, 0.3) is 0 Å². The van der Waals surface area contributed by atoms with Gasteiger partial charge in [-0.25, -0.2) is 0 Å². The zero-order chi connectivity index (χ0) is 6.20. The summed E-state index contributed by atoms with van der Waals surface area (Å²) in [5.74, 6) is 0. The fourth-order valence-electron chi connectivity index (χ4n) is 1.37. The van der Waals surface area contributed by atoms with Gasteiger partial charge in [-0.2, -0.15) is 7.05 Å². The fraction of sp³-hybridized carbons (Fsp3) is 0.857. The smallest absolute Gasteiger partial charge is 0.0584 e. The van der Waals surface area contributed by atoms with Crippen LogP contribution in [0.3, 0.4) is 0 Å². The average molecular weight is 113 g/mol. The minimum absolute atomic E-state index is 0.567. The predicted molar refractivity (Wildman–Crippen MR) is 34.5 cm³/mol. The van der Waals surface area contributed by atoms with E-state index in [0.717, 1.165) is 0 Å². The summed E-state index contributed by atoms with van der Waals surface area (Å²) in [5.41, 5.74) is 0.567. The van der Waals surface area contributed by atoms with Gasteiger partial charge in [0.15, 0.2) is 0 Å². The Morgan fingerprint density at radius 1 is 1.50 bits per heavy atom. The van der Waals surface area contributed by atoms with Crippen LogP contribution in [0.5, 0.6) is 0 Å². The number of quaternary nitrogens is 1. The molecule has 8 heavy (non-hydrogen) atoms. The molecule has 1 aliphatic rings. The van der Waals surface area contributed by atoms with Gasteiger partial charge in [0.2, 0.25) is 0 Å². The van der Waals surface area contributed by atoms with Gasteiger partial charge in [-0.15, -0.1) is 0 Å². The molecular weight excluding hydrogens is 98.1 g/mol. The molecule has 1 rings (SSSR count). The standard InChI is InChI=1S/C7H15N/c1-7(2)4-5-8(3)6-7/h8H,3-6H2,1-2H3. The lowest BCUT2D eigenvalue weighted by atomic mass is 9.93. The van der Waals surface area contributed by atoms with Crippen molar-refractivity contribution >= 4 is 0 Å². The molecule has 0 amide bonds. The van der Waals surface area contributed by atoms with Gasteiger partial charge in [-0.3, -0.25) is 0 Å². The summed E-state index contributed by atoms with van der Waals surface area (Å²) in [7, 11) is 3.95. The van der Waals surface area contributed by atoms with Crippen LogP contribution in [0.4, 0.5) is 0 Å². The van der Waals surface area contributed by atoms with Crippen molar-refractivity contribution in [3.05, 3.63) is 7.05 Å². The quantitative estimate of drug-likeness (QED) is 0.425. The molecule has 1 heteroatoms. The van der Waals surface area contributed by atoms with Crippen molar-refractivity contribution in [3.8, 4) is 0 Å². The molecule has 0 spiro atoms. The Morgan fingerprint density at radius 2 is 2.12 bits per heavy atom. The van der Waals surface area contributed by atoms with Gasteiger partial charge < -0.3 is 4.90 Å². The lowest BCUT2D eigenvalue weighted by molar-refractivity contribution is -0.843. The van der Waals surface area contributed by atoms with Crippen LogP contribution >= 0.6 is 0 Å².